The van der Waals surface area contributed by atoms with Crippen LogP contribution in [0.15, 0.2) is 30.3 Å². The van der Waals surface area contributed by atoms with Crippen molar-refractivity contribution < 1.29 is 9.53 Å². The van der Waals surface area contributed by atoms with Crippen molar-refractivity contribution in [3.8, 4) is 0 Å². The molecule has 1 aromatic carbocycles. The number of carbonyl (C=O) groups excluding carboxylic acids is 1. The van der Waals surface area contributed by atoms with Crippen LogP contribution in [0.5, 0.6) is 0 Å². The molecule has 0 heterocycles. The number of benzene rings is 1. The largest absolute Gasteiger partial charge is 0.460 e. The highest BCUT2D eigenvalue weighted by Gasteiger charge is 2.25. The van der Waals surface area contributed by atoms with Crippen molar-refractivity contribution in [3.63, 3.8) is 0 Å². The topological polar surface area (TPSA) is 26.3 Å². The Morgan fingerprint density at radius 2 is 1.25 bits per heavy atom. The van der Waals surface area contributed by atoms with Crippen molar-refractivity contribution in [1.82, 2.24) is 0 Å². The molecule has 0 spiro atoms. The van der Waals surface area contributed by atoms with Gasteiger partial charge < -0.3 is 4.74 Å². The second-order valence-corrected chi connectivity index (χ2v) is 10.3. The van der Waals surface area contributed by atoms with Crippen molar-refractivity contribution in [1.29, 1.82) is 0 Å². The lowest BCUT2D eigenvalue weighted by atomic mass is 9.90. The number of rotatable bonds is 20. The Bertz CT molecular complexity index is 563. The lowest BCUT2D eigenvalue weighted by Crippen LogP contribution is -2.28. The zero-order valence-electron chi connectivity index (χ0n) is 21.8. The van der Waals surface area contributed by atoms with E-state index in [1.807, 2.05) is 0 Å². The predicted octanol–water partition coefficient (Wildman–Crippen LogP) is 9.76. The van der Waals surface area contributed by atoms with Crippen LogP contribution in [-0.2, 0) is 9.53 Å². The zero-order valence-corrected chi connectivity index (χ0v) is 21.8. The van der Waals surface area contributed by atoms with Crippen molar-refractivity contribution in [3.05, 3.63) is 35.9 Å². The van der Waals surface area contributed by atoms with Gasteiger partial charge in [0.1, 0.15) is 5.60 Å². The first-order valence-corrected chi connectivity index (χ1v) is 13.7. The van der Waals surface area contributed by atoms with Crippen LogP contribution in [0, 0.1) is 0 Å². The maximum absolute atomic E-state index is 12.8. The molecule has 0 radical (unpaired) electrons. The molecule has 0 fully saturated rings. The van der Waals surface area contributed by atoms with Crippen molar-refractivity contribution in [2.24, 2.45) is 0 Å². The Labute approximate surface area is 199 Å². The summed E-state index contributed by atoms with van der Waals surface area (Å²) >= 11 is 0. The molecule has 1 rings (SSSR count). The fourth-order valence-electron chi connectivity index (χ4n) is 4.57. The third kappa shape index (κ3) is 14.7. The van der Waals surface area contributed by atoms with E-state index in [0.717, 1.165) is 19.3 Å². The summed E-state index contributed by atoms with van der Waals surface area (Å²) in [4.78, 5) is 12.8. The van der Waals surface area contributed by atoms with Crippen LogP contribution in [0.4, 0.5) is 0 Å². The second-order valence-electron chi connectivity index (χ2n) is 10.3. The summed E-state index contributed by atoms with van der Waals surface area (Å²) in [5.41, 5.74) is 0.921. The summed E-state index contributed by atoms with van der Waals surface area (Å²) in [6.45, 7) is 8.63. The molecule has 32 heavy (non-hydrogen) atoms. The molecule has 0 saturated heterocycles. The molecule has 0 aliphatic heterocycles. The van der Waals surface area contributed by atoms with E-state index in [1.54, 1.807) is 0 Å². The fraction of sp³-hybridized carbons (Fsp3) is 0.767. The van der Waals surface area contributed by atoms with Crippen LogP contribution in [0.1, 0.15) is 148 Å². The Kier molecular flexibility index (Phi) is 16.3. The molecule has 0 aromatic heterocycles. The van der Waals surface area contributed by atoms with Crippen LogP contribution >= 0.6 is 0 Å². The molecule has 0 amide bonds. The van der Waals surface area contributed by atoms with E-state index in [9.17, 15) is 4.79 Å². The summed E-state index contributed by atoms with van der Waals surface area (Å²) in [5, 5.41) is 0. The van der Waals surface area contributed by atoms with E-state index in [0.29, 0.717) is 6.42 Å². The normalized spacial score (nSPS) is 12.6. The van der Waals surface area contributed by atoms with Gasteiger partial charge in [0.2, 0.25) is 0 Å². The third-order valence-corrected chi connectivity index (χ3v) is 6.61. The van der Waals surface area contributed by atoms with Crippen molar-refractivity contribution in [2.75, 3.05) is 0 Å². The van der Waals surface area contributed by atoms with Gasteiger partial charge in [-0.3, -0.25) is 4.79 Å². The van der Waals surface area contributed by atoms with Crippen molar-refractivity contribution >= 4 is 5.97 Å². The Morgan fingerprint density at radius 1 is 0.750 bits per heavy atom. The first-order valence-electron chi connectivity index (χ1n) is 13.7. The Morgan fingerprint density at radius 3 is 1.81 bits per heavy atom. The quantitative estimate of drug-likeness (QED) is 0.148. The summed E-state index contributed by atoms with van der Waals surface area (Å²) < 4.78 is 5.93. The highest BCUT2D eigenvalue weighted by Crippen LogP contribution is 2.28. The number of esters is 1. The molecule has 0 aliphatic rings. The van der Waals surface area contributed by atoms with E-state index in [-0.39, 0.29) is 17.5 Å². The number of carbonyl (C=O) groups is 1. The lowest BCUT2D eigenvalue weighted by molar-refractivity contribution is -0.157. The van der Waals surface area contributed by atoms with E-state index in [2.05, 4.69) is 58.0 Å². The first-order chi connectivity index (χ1) is 15.5. The Balaban J connectivity index is 2.38. The van der Waals surface area contributed by atoms with Crippen molar-refractivity contribution in [2.45, 2.75) is 148 Å². The van der Waals surface area contributed by atoms with Gasteiger partial charge >= 0.3 is 5.97 Å². The summed E-state index contributed by atoms with van der Waals surface area (Å²) in [6.07, 6.45) is 20.8. The zero-order chi connectivity index (χ0) is 23.5. The molecule has 1 aromatic rings. The standard InChI is InChI=1S/C30H52O2/c1-5-7-9-11-12-13-14-15-16-18-24-28(27-22-19-17-20-23-27)26-29(31)32-30(3,4)25-21-10-8-6-2/h17,19-20,22-23,28H,5-16,18,21,24-26H2,1-4H3. The van der Waals surface area contributed by atoms with Crippen LogP contribution in [0.2, 0.25) is 0 Å². The number of hydrogen-bond acceptors (Lipinski definition) is 2. The highest BCUT2D eigenvalue weighted by atomic mass is 16.6. The minimum absolute atomic E-state index is 0.0357. The monoisotopic (exact) mass is 444 g/mol. The van der Waals surface area contributed by atoms with Crippen LogP contribution < -0.4 is 0 Å². The molecule has 2 nitrogen and oxygen atoms in total. The summed E-state index contributed by atoms with van der Waals surface area (Å²) in [6, 6.07) is 10.6. The van der Waals surface area contributed by atoms with E-state index >= 15 is 0 Å². The average Bonchev–Trinajstić information content (AvgIpc) is 2.77. The molecule has 1 unspecified atom stereocenters. The maximum atomic E-state index is 12.8. The van der Waals surface area contributed by atoms with Crippen LogP contribution in [-0.4, -0.2) is 11.6 Å². The summed E-state index contributed by atoms with van der Waals surface area (Å²) in [5.74, 6) is 0.236. The van der Waals surface area contributed by atoms with Crippen LogP contribution in [0.25, 0.3) is 0 Å². The minimum atomic E-state index is -0.358. The van der Waals surface area contributed by atoms with Gasteiger partial charge in [-0.2, -0.15) is 0 Å². The van der Waals surface area contributed by atoms with Gasteiger partial charge in [-0.25, -0.2) is 0 Å². The van der Waals surface area contributed by atoms with E-state index < -0.39 is 0 Å². The number of unbranched alkanes of at least 4 members (excludes halogenated alkanes) is 12. The maximum Gasteiger partial charge on any atom is 0.306 e. The Hall–Kier alpha value is -1.31. The lowest BCUT2D eigenvalue weighted by Gasteiger charge is -2.26. The third-order valence-electron chi connectivity index (χ3n) is 6.61. The fourth-order valence-corrected chi connectivity index (χ4v) is 4.57. The first kappa shape index (κ1) is 28.7. The van der Waals surface area contributed by atoms with Gasteiger partial charge in [0, 0.05) is 0 Å². The molecule has 0 N–H and O–H groups in total. The van der Waals surface area contributed by atoms with Gasteiger partial charge in [-0.05, 0) is 44.6 Å². The number of hydrogen-bond donors (Lipinski definition) is 0. The molecule has 0 saturated carbocycles. The average molecular weight is 445 g/mol. The molecule has 184 valence electrons. The molecule has 2 heteroatoms. The van der Waals surface area contributed by atoms with Gasteiger partial charge in [-0.15, -0.1) is 0 Å². The van der Waals surface area contributed by atoms with Crippen LogP contribution in [0.3, 0.4) is 0 Å². The smallest absolute Gasteiger partial charge is 0.306 e. The molecule has 0 bridgehead atoms. The van der Waals surface area contributed by atoms with E-state index in [1.165, 1.54) is 89.0 Å². The van der Waals surface area contributed by atoms with Gasteiger partial charge in [-0.1, -0.05) is 128 Å². The molecule has 0 aliphatic carbocycles. The van der Waals surface area contributed by atoms with E-state index in [4.69, 9.17) is 4.74 Å². The second kappa shape index (κ2) is 18.2. The van der Waals surface area contributed by atoms with Gasteiger partial charge in [0.25, 0.3) is 0 Å². The molecule has 1 atom stereocenters. The number of ether oxygens (including phenoxy) is 1. The molecular formula is C30H52O2. The van der Waals surface area contributed by atoms with Gasteiger partial charge in [0.15, 0.2) is 0 Å². The highest BCUT2D eigenvalue weighted by molar-refractivity contribution is 5.71. The minimum Gasteiger partial charge on any atom is -0.460 e. The van der Waals surface area contributed by atoms with Gasteiger partial charge in [0.05, 0.1) is 6.42 Å². The molecular weight excluding hydrogens is 392 g/mol. The summed E-state index contributed by atoms with van der Waals surface area (Å²) in [7, 11) is 0. The predicted molar refractivity (Wildman–Crippen MR) is 139 cm³/mol. The SMILES string of the molecule is CCCCCCCCCCCCC(CC(=O)OC(C)(C)CCCCCC)c1ccccc1.